The van der Waals surface area contributed by atoms with Crippen molar-refractivity contribution in [2.45, 2.75) is 26.9 Å². The number of para-hydroxylation sites is 1. The fourth-order valence-corrected chi connectivity index (χ4v) is 3.07. The standard InChI is InChI=1S/C23H26N4O2/c1-4-27(16-18-10-6-5-7-11-18)22(28)20-14-17(2)25-23(26-20)24-15-19-12-8-9-13-21(19)29-3/h5-14H,4,15-16H2,1-3H3,(H,24,25,26). The lowest BCUT2D eigenvalue weighted by atomic mass is 10.2. The predicted molar refractivity (Wildman–Crippen MR) is 114 cm³/mol. The highest BCUT2D eigenvalue weighted by atomic mass is 16.5. The van der Waals surface area contributed by atoms with E-state index < -0.39 is 0 Å². The topological polar surface area (TPSA) is 67.4 Å². The third-order valence-corrected chi connectivity index (χ3v) is 4.59. The first-order valence-corrected chi connectivity index (χ1v) is 9.65. The molecule has 0 unspecified atom stereocenters. The van der Waals surface area contributed by atoms with Crippen LogP contribution in [0.1, 0.15) is 34.2 Å². The summed E-state index contributed by atoms with van der Waals surface area (Å²) in [6.45, 7) is 5.47. The summed E-state index contributed by atoms with van der Waals surface area (Å²) in [5.74, 6) is 1.11. The minimum absolute atomic E-state index is 0.109. The summed E-state index contributed by atoms with van der Waals surface area (Å²) in [6, 6.07) is 19.4. The number of rotatable bonds is 8. The van der Waals surface area contributed by atoms with Crippen LogP contribution in [-0.2, 0) is 13.1 Å². The van der Waals surface area contributed by atoms with Crippen molar-refractivity contribution < 1.29 is 9.53 Å². The molecular formula is C23H26N4O2. The highest BCUT2D eigenvalue weighted by Crippen LogP contribution is 2.18. The van der Waals surface area contributed by atoms with Gasteiger partial charge in [0, 0.05) is 30.9 Å². The number of aryl methyl sites for hydroxylation is 1. The molecule has 0 aliphatic carbocycles. The van der Waals surface area contributed by atoms with Crippen LogP contribution in [-0.4, -0.2) is 34.4 Å². The van der Waals surface area contributed by atoms with Crippen molar-refractivity contribution in [2.24, 2.45) is 0 Å². The maximum absolute atomic E-state index is 13.0. The smallest absolute Gasteiger partial charge is 0.272 e. The Labute approximate surface area is 171 Å². The van der Waals surface area contributed by atoms with E-state index in [1.807, 2.05) is 68.4 Å². The Kier molecular flexibility index (Phi) is 6.79. The number of aromatic nitrogens is 2. The van der Waals surface area contributed by atoms with Crippen LogP contribution in [0.25, 0.3) is 0 Å². The van der Waals surface area contributed by atoms with Gasteiger partial charge in [-0.15, -0.1) is 0 Å². The van der Waals surface area contributed by atoms with E-state index in [1.165, 1.54) is 0 Å². The number of ether oxygens (including phenoxy) is 1. The van der Waals surface area contributed by atoms with E-state index in [0.717, 1.165) is 22.6 Å². The van der Waals surface area contributed by atoms with E-state index >= 15 is 0 Å². The van der Waals surface area contributed by atoms with Gasteiger partial charge in [0.25, 0.3) is 5.91 Å². The van der Waals surface area contributed by atoms with Crippen LogP contribution in [0, 0.1) is 6.92 Å². The van der Waals surface area contributed by atoms with E-state index in [2.05, 4.69) is 15.3 Å². The van der Waals surface area contributed by atoms with Crippen LogP contribution in [0.2, 0.25) is 0 Å². The fourth-order valence-electron chi connectivity index (χ4n) is 3.07. The van der Waals surface area contributed by atoms with Gasteiger partial charge in [0.2, 0.25) is 5.95 Å². The molecule has 2 aromatic carbocycles. The summed E-state index contributed by atoms with van der Waals surface area (Å²) in [7, 11) is 1.64. The lowest BCUT2D eigenvalue weighted by Gasteiger charge is -2.21. The molecule has 0 atom stereocenters. The van der Waals surface area contributed by atoms with E-state index in [0.29, 0.717) is 31.3 Å². The molecule has 0 aliphatic heterocycles. The number of nitrogens with zero attached hydrogens (tertiary/aromatic N) is 3. The van der Waals surface area contributed by atoms with Gasteiger partial charge < -0.3 is 15.0 Å². The largest absolute Gasteiger partial charge is 0.496 e. The van der Waals surface area contributed by atoms with Gasteiger partial charge in [0.1, 0.15) is 11.4 Å². The maximum atomic E-state index is 13.0. The molecule has 3 aromatic rings. The molecule has 0 saturated heterocycles. The van der Waals surface area contributed by atoms with Gasteiger partial charge in [-0.05, 0) is 31.5 Å². The molecule has 3 rings (SSSR count). The highest BCUT2D eigenvalue weighted by Gasteiger charge is 2.18. The zero-order valence-corrected chi connectivity index (χ0v) is 17.1. The number of hydrogen-bond acceptors (Lipinski definition) is 5. The molecule has 1 N–H and O–H groups in total. The first-order valence-electron chi connectivity index (χ1n) is 9.65. The summed E-state index contributed by atoms with van der Waals surface area (Å²) in [4.78, 5) is 23.7. The van der Waals surface area contributed by atoms with Crippen LogP contribution < -0.4 is 10.1 Å². The molecule has 150 valence electrons. The Morgan fingerprint density at radius 2 is 1.79 bits per heavy atom. The number of carbonyl (C=O) groups is 1. The van der Waals surface area contributed by atoms with Gasteiger partial charge in [0.05, 0.1) is 7.11 Å². The Morgan fingerprint density at radius 1 is 1.07 bits per heavy atom. The molecule has 0 fully saturated rings. The molecule has 1 aromatic heterocycles. The Morgan fingerprint density at radius 3 is 2.52 bits per heavy atom. The van der Waals surface area contributed by atoms with Crippen molar-refractivity contribution >= 4 is 11.9 Å². The summed E-state index contributed by atoms with van der Waals surface area (Å²) < 4.78 is 5.38. The normalized spacial score (nSPS) is 10.4. The number of amides is 1. The van der Waals surface area contributed by atoms with Crippen LogP contribution in [0.4, 0.5) is 5.95 Å². The first-order chi connectivity index (χ1) is 14.1. The second kappa shape index (κ2) is 9.68. The van der Waals surface area contributed by atoms with Gasteiger partial charge in [-0.2, -0.15) is 0 Å². The predicted octanol–water partition coefficient (Wildman–Crippen LogP) is 4.07. The van der Waals surface area contributed by atoms with Crippen molar-refractivity contribution in [3.05, 3.63) is 83.2 Å². The average molecular weight is 390 g/mol. The second-order valence-corrected chi connectivity index (χ2v) is 6.69. The molecule has 0 bridgehead atoms. The summed E-state index contributed by atoms with van der Waals surface area (Å²) >= 11 is 0. The van der Waals surface area contributed by atoms with Crippen molar-refractivity contribution in [2.75, 3.05) is 19.0 Å². The summed E-state index contributed by atoms with van der Waals surface area (Å²) in [5, 5.41) is 3.21. The molecule has 0 spiro atoms. The minimum atomic E-state index is -0.109. The van der Waals surface area contributed by atoms with Crippen molar-refractivity contribution in [1.82, 2.24) is 14.9 Å². The number of methoxy groups -OCH3 is 1. The number of nitrogens with one attached hydrogen (secondary N) is 1. The molecular weight excluding hydrogens is 364 g/mol. The molecule has 0 aliphatic rings. The minimum Gasteiger partial charge on any atom is -0.496 e. The average Bonchev–Trinajstić information content (AvgIpc) is 2.76. The molecule has 6 heteroatoms. The summed E-state index contributed by atoms with van der Waals surface area (Å²) in [5.41, 5.74) is 3.20. The third kappa shape index (κ3) is 5.31. The van der Waals surface area contributed by atoms with Crippen molar-refractivity contribution in [3.63, 3.8) is 0 Å². The van der Waals surface area contributed by atoms with E-state index in [4.69, 9.17) is 4.74 Å². The SMILES string of the molecule is CCN(Cc1ccccc1)C(=O)c1cc(C)nc(NCc2ccccc2OC)n1. The lowest BCUT2D eigenvalue weighted by molar-refractivity contribution is 0.0746. The molecule has 1 amide bonds. The molecule has 29 heavy (non-hydrogen) atoms. The van der Waals surface area contributed by atoms with Gasteiger partial charge in [-0.25, -0.2) is 9.97 Å². The van der Waals surface area contributed by atoms with Crippen molar-refractivity contribution in [3.8, 4) is 5.75 Å². The molecule has 0 radical (unpaired) electrons. The van der Waals surface area contributed by atoms with Gasteiger partial charge in [0.15, 0.2) is 0 Å². The van der Waals surface area contributed by atoms with Gasteiger partial charge >= 0.3 is 0 Å². The Hall–Kier alpha value is -3.41. The van der Waals surface area contributed by atoms with Gasteiger partial charge in [-0.1, -0.05) is 48.5 Å². The quantitative estimate of drug-likeness (QED) is 0.628. The number of benzene rings is 2. The zero-order valence-electron chi connectivity index (χ0n) is 17.1. The highest BCUT2D eigenvalue weighted by molar-refractivity contribution is 5.92. The van der Waals surface area contributed by atoms with Crippen LogP contribution in [0.3, 0.4) is 0 Å². The van der Waals surface area contributed by atoms with Crippen LogP contribution in [0.15, 0.2) is 60.7 Å². The molecule has 0 saturated carbocycles. The van der Waals surface area contributed by atoms with Crippen LogP contribution in [0.5, 0.6) is 5.75 Å². The van der Waals surface area contributed by atoms with Crippen LogP contribution >= 0.6 is 0 Å². The van der Waals surface area contributed by atoms with E-state index in [1.54, 1.807) is 18.1 Å². The monoisotopic (exact) mass is 390 g/mol. The third-order valence-electron chi connectivity index (χ3n) is 4.59. The number of hydrogen-bond donors (Lipinski definition) is 1. The Balaban J connectivity index is 1.76. The summed E-state index contributed by atoms with van der Waals surface area (Å²) in [6.07, 6.45) is 0. The lowest BCUT2D eigenvalue weighted by Crippen LogP contribution is -2.31. The molecule has 6 nitrogen and oxygen atoms in total. The van der Waals surface area contributed by atoms with Gasteiger partial charge in [-0.3, -0.25) is 4.79 Å². The van der Waals surface area contributed by atoms with E-state index in [-0.39, 0.29) is 5.91 Å². The number of carbonyl (C=O) groups excluding carboxylic acids is 1. The van der Waals surface area contributed by atoms with Crippen molar-refractivity contribution in [1.29, 1.82) is 0 Å². The molecule has 1 heterocycles. The fraction of sp³-hybridized carbons (Fsp3) is 0.261. The maximum Gasteiger partial charge on any atom is 0.272 e. The number of anilines is 1. The second-order valence-electron chi connectivity index (χ2n) is 6.69. The van der Waals surface area contributed by atoms with E-state index in [9.17, 15) is 4.79 Å². The Bertz CT molecular complexity index is 960. The first kappa shape index (κ1) is 20.3. The zero-order chi connectivity index (χ0) is 20.6.